The third kappa shape index (κ3) is 2.91. The van der Waals surface area contributed by atoms with Gasteiger partial charge in [-0.3, -0.25) is 9.97 Å². The van der Waals surface area contributed by atoms with E-state index in [2.05, 4.69) is 24.7 Å². The third-order valence-corrected chi connectivity index (χ3v) is 4.22. The van der Waals surface area contributed by atoms with E-state index in [9.17, 15) is 4.79 Å². The van der Waals surface area contributed by atoms with Gasteiger partial charge in [-0.2, -0.15) is 0 Å². The zero-order valence-corrected chi connectivity index (χ0v) is 14.5. The van der Waals surface area contributed by atoms with Crippen molar-refractivity contribution in [3.05, 3.63) is 65.4 Å². The predicted octanol–water partition coefficient (Wildman–Crippen LogP) is 4.13. The van der Waals surface area contributed by atoms with Crippen molar-refractivity contribution in [3.8, 4) is 22.8 Å². The largest absolute Gasteiger partial charge is 0.465 e. The maximum Gasteiger partial charge on any atom is 0.339 e. The van der Waals surface area contributed by atoms with Crippen LogP contribution in [0.25, 0.3) is 33.8 Å². The molecule has 4 rings (SSSR count). The Morgan fingerprint density at radius 3 is 2.65 bits per heavy atom. The normalized spacial score (nSPS) is 10.8. The van der Waals surface area contributed by atoms with Gasteiger partial charge >= 0.3 is 5.97 Å². The Balaban J connectivity index is 1.66. The van der Waals surface area contributed by atoms with Gasteiger partial charge in [0.05, 0.1) is 34.4 Å². The number of aromatic nitrogens is 4. The average molecular weight is 365 g/mol. The van der Waals surface area contributed by atoms with E-state index < -0.39 is 5.97 Å². The van der Waals surface area contributed by atoms with Crippen LogP contribution in [0.5, 0.6) is 0 Å². The first kappa shape index (κ1) is 16.2. The predicted molar refractivity (Wildman–Crippen MR) is 98.9 cm³/mol. The van der Waals surface area contributed by atoms with Gasteiger partial charge in [0.2, 0.25) is 0 Å². The van der Waals surface area contributed by atoms with E-state index in [-0.39, 0.29) is 0 Å². The van der Waals surface area contributed by atoms with E-state index in [0.717, 1.165) is 16.6 Å². The lowest BCUT2D eigenvalue weighted by Gasteiger charge is -2.06. The van der Waals surface area contributed by atoms with Crippen LogP contribution in [-0.2, 0) is 4.74 Å². The fourth-order valence-electron chi connectivity index (χ4n) is 2.63. The fourth-order valence-corrected chi connectivity index (χ4v) is 2.90. The molecular weight excluding hydrogens is 352 g/mol. The van der Waals surface area contributed by atoms with Gasteiger partial charge in [-0.25, -0.2) is 9.78 Å². The highest BCUT2D eigenvalue weighted by molar-refractivity contribution is 6.33. The number of pyridine rings is 2. The van der Waals surface area contributed by atoms with E-state index in [0.29, 0.717) is 27.8 Å². The van der Waals surface area contributed by atoms with Gasteiger partial charge < -0.3 is 9.72 Å². The number of rotatable bonds is 3. The zero-order chi connectivity index (χ0) is 18.1. The van der Waals surface area contributed by atoms with Crippen molar-refractivity contribution in [2.75, 3.05) is 7.11 Å². The van der Waals surface area contributed by atoms with Crippen LogP contribution in [-0.4, -0.2) is 33.0 Å². The zero-order valence-electron chi connectivity index (χ0n) is 13.7. The Morgan fingerprint density at radius 2 is 1.96 bits per heavy atom. The first-order valence-corrected chi connectivity index (χ1v) is 8.19. The lowest BCUT2D eigenvalue weighted by Crippen LogP contribution is -2.02. The number of aromatic amines is 1. The molecule has 0 fully saturated rings. The average Bonchev–Trinajstić information content (AvgIpc) is 3.11. The summed E-state index contributed by atoms with van der Waals surface area (Å²) in [6.45, 7) is 0. The number of carbonyl (C=O) groups excluding carboxylic acids is 1. The van der Waals surface area contributed by atoms with Crippen LogP contribution in [0.3, 0.4) is 0 Å². The number of nitrogens with one attached hydrogen (secondary N) is 1. The number of para-hydroxylation sites is 2. The van der Waals surface area contributed by atoms with Gasteiger partial charge in [0, 0.05) is 18.0 Å². The molecular formula is C19H13ClN4O2. The molecule has 0 aliphatic heterocycles. The number of imidazole rings is 1. The summed E-state index contributed by atoms with van der Waals surface area (Å²) in [6, 6.07) is 13.0. The van der Waals surface area contributed by atoms with Gasteiger partial charge in [0.15, 0.2) is 5.82 Å². The Hall–Kier alpha value is -3.25. The number of hydrogen-bond donors (Lipinski definition) is 1. The molecule has 26 heavy (non-hydrogen) atoms. The Morgan fingerprint density at radius 1 is 1.12 bits per heavy atom. The van der Waals surface area contributed by atoms with Crippen molar-refractivity contribution < 1.29 is 9.53 Å². The van der Waals surface area contributed by atoms with Crippen molar-refractivity contribution in [2.45, 2.75) is 0 Å². The molecule has 4 aromatic rings. The summed E-state index contributed by atoms with van der Waals surface area (Å²) in [7, 11) is 1.31. The van der Waals surface area contributed by atoms with Crippen molar-refractivity contribution in [2.24, 2.45) is 0 Å². The van der Waals surface area contributed by atoms with Gasteiger partial charge in [0.25, 0.3) is 0 Å². The number of esters is 1. The Bertz CT molecular complexity index is 1070. The molecule has 0 spiro atoms. The van der Waals surface area contributed by atoms with Crippen LogP contribution in [0.2, 0.25) is 5.02 Å². The summed E-state index contributed by atoms with van der Waals surface area (Å²) in [5.74, 6) is 0.210. The Kier molecular flexibility index (Phi) is 4.10. The fraction of sp³-hybridized carbons (Fsp3) is 0.0526. The molecule has 0 unspecified atom stereocenters. The van der Waals surface area contributed by atoms with Gasteiger partial charge in [-0.05, 0) is 30.3 Å². The van der Waals surface area contributed by atoms with Gasteiger partial charge in [0.1, 0.15) is 5.69 Å². The number of halogens is 1. The van der Waals surface area contributed by atoms with Crippen molar-refractivity contribution in [1.82, 2.24) is 19.9 Å². The van der Waals surface area contributed by atoms with Crippen LogP contribution in [0, 0.1) is 0 Å². The molecule has 0 atom stereocenters. The second kappa shape index (κ2) is 6.57. The summed E-state index contributed by atoms with van der Waals surface area (Å²) in [4.78, 5) is 28.0. The first-order valence-electron chi connectivity index (χ1n) is 7.81. The molecule has 6 nitrogen and oxygen atoms in total. The molecule has 0 amide bonds. The molecule has 3 heterocycles. The van der Waals surface area contributed by atoms with Crippen molar-refractivity contribution in [1.29, 1.82) is 0 Å². The molecule has 0 aliphatic rings. The third-order valence-electron chi connectivity index (χ3n) is 3.93. The van der Waals surface area contributed by atoms with E-state index in [4.69, 9.17) is 11.6 Å². The van der Waals surface area contributed by atoms with Crippen molar-refractivity contribution >= 4 is 28.6 Å². The minimum atomic E-state index is -0.482. The number of fused-ring (bicyclic) bond motifs is 1. The Labute approximate surface area is 153 Å². The number of H-pyrrole nitrogens is 1. The van der Waals surface area contributed by atoms with E-state index in [1.165, 1.54) is 19.4 Å². The molecule has 0 aliphatic carbocycles. The monoisotopic (exact) mass is 364 g/mol. The number of hydrogen-bond acceptors (Lipinski definition) is 5. The molecule has 0 saturated carbocycles. The SMILES string of the molecule is COC(=O)c1cnc(-c2ccc(-c3nc4ccccc4[nH]3)nc2)c(Cl)c1. The highest BCUT2D eigenvalue weighted by atomic mass is 35.5. The number of benzene rings is 1. The lowest BCUT2D eigenvalue weighted by molar-refractivity contribution is 0.0600. The number of ether oxygens (including phenoxy) is 1. The summed E-state index contributed by atoms with van der Waals surface area (Å²) in [5, 5.41) is 0.353. The van der Waals surface area contributed by atoms with E-state index in [1.54, 1.807) is 6.20 Å². The number of nitrogens with zero attached hydrogens (tertiary/aromatic N) is 3. The standard InChI is InChI=1S/C19H13ClN4O2/c1-26-19(25)12-8-13(20)17(22-10-12)11-6-7-16(21-9-11)18-23-14-4-2-3-5-15(14)24-18/h2-10H,1H3,(H,23,24). The second-order valence-corrected chi connectivity index (χ2v) is 5.99. The summed E-state index contributed by atoms with van der Waals surface area (Å²) in [5.41, 5.74) is 4.14. The van der Waals surface area contributed by atoms with E-state index >= 15 is 0 Å². The van der Waals surface area contributed by atoms with Crippen molar-refractivity contribution in [3.63, 3.8) is 0 Å². The number of carbonyl (C=O) groups is 1. The smallest absolute Gasteiger partial charge is 0.339 e. The molecule has 7 heteroatoms. The lowest BCUT2D eigenvalue weighted by atomic mass is 10.1. The first-order chi connectivity index (χ1) is 12.7. The molecule has 128 valence electrons. The summed E-state index contributed by atoms with van der Waals surface area (Å²) >= 11 is 6.26. The topological polar surface area (TPSA) is 80.8 Å². The molecule has 1 aromatic carbocycles. The molecule has 0 radical (unpaired) electrons. The summed E-state index contributed by atoms with van der Waals surface area (Å²) < 4.78 is 4.67. The van der Waals surface area contributed by atoms with Crippen LogP contribution in [0.1, 0.15) is 10.4 Å². The summed E-state index contributed by atoms with van der Waals surface area (Å²) in [6.07, 6.45) is 3.11. The quantitative estimate of drug-likeness (QED) is 0.553. The highest BCUT2D eigenvalue weighted by Gasteiger charge is 2.13. The maximum absolute atomic E-state index is 11.5. The van der Waals surface area contributed by atoms with Gasteiger partial charge in [-0.15, -0.1) is 0 Å². The second-order valence-electron chi connectivity index (χ2n) is 5.58. The number of methoxy groups -OCH3 is 1. The highest BCUT2D eigenvalue weighted by Crippen LogP contribution is 2.27. The molecule has 0 saturated heterocycles. The van der Waals surface area contributed by atoms with Crippen LogP contribution in [0.4, 0.5) is 0 Å². The van der Waals surface area contributed by atoms with Crippen LogP contribution in [0.15, 0.2) is 54.9 Å². The minimum Gasteiger partial charge on any atom is -0.465 e. The van der Waals surface area contributed by atoms with Crippen LogP contribution < -0.4 is 0 Å². The molecule has 3 aromatic heterocycles. The maximum atomic E-state index is 11.5. The van der Waals surface area contributed by atoms with Crippen LogP contribution >= 0.6 is 11.6 Å². The molecule has 0 bridgehead atoms. The van der Waals surface area contributed by atoms with E-state index in [1.807, 2.05) is 36.4 Å². The molecule has 1 N–H and O–H groups in total. The van der Waals surface area contributed by atoms with Gasteiger partial charge in [-0.1, -0.05) is 23.7 Å². The minimum absolute atomic E-state index is 0.299.